The maximum absolute atomic E-state index is 4.67. The van der Waals surface area contributed by atoms with E-state index in [1.54, 1.807) is 0 Å². The SMILES string of the molecule is CN1C=CN(c2cccc(-n3c4ccccc4c4ccc(C(C)(C)c5ccccn5)cc43)c2)C1. The maximum atomic E-state index is 4.67. The van der Waals surface area contributed by atoms with Gasteiger partial charge in [0.05, 0.1) is 23.4 Å². The average Bonchev–Trinajstić information content (AvgIpc) is 3.45. The van der Waals surface area contributed by atoms with Crippen LogP contribution in [0.4, 0.5) is 5.69 Å². The molecule has 3 aromatic carbocycles. The van der Waals surface area contributed by atoms with E-state index in [0.29, 0.717) is 0 Å². The van der Waals surface area contributed by atoms with Crippen LogP contribution in [0.1, 0.15) is 25.1 Å². The Bertz CT molecular complexity index is 1530. The Kier molecular flexibility index (Phi) is 4.70. The molecule has 0 N–H and O–H groups in total. The molecule has 0 spiro atoms. The summed E-state index contributed by atoms with van der Waals surface area (Å²) in [5.41, 5.74) is 6.91. The molecule has 34 heavy (non-hydrogen) atoms. The van der Waals surface area contributed by atoms with Crippen LogP contribution in [0.3, 0.4) is 0 Å². The standard InChI is InChI=1S/C30H28N4/c1-30(2,29-13-6-7-16-31-29)22-14-15-26-25-11-4-5-12-27(25)34(28(26)19-22)24-10-8-9-23(20-24)33-18-17-32(3)21-33/h4-20H,21H2,1-3H3. The van der Waals surface area contributed by atoms with Crippen LogP contribution in [0.5, 0.6) is 0 Å². The van der Waals surface area contributed by atoms with Crippen LogP contribution in [-0.4, -0.2) is 28.2 Å². The Labute approximate surface area is 200 Å². The van der Waals surface area contributed by atoms with Gasteiger partial charge in [-0.05, 0) is 48.0 Å². The Morgan fingerprint density at radius 1 is 0.735 bits per heavy atom. The molecule has 3 heterocycles. The van der Waals surface area contributed by atoms with Gasteiger partial charge in [0.2, 0.25) is 0 Å². The Balaban J connectivity index is 1.56. The number of fused-ring (bicyclic) bond motifs is 3. The Morgan fingerprint density at radius 2 is 1.53 bits per heavy atom. The molecular formula is C30H28N4. The molecule has 0 aliphatic carbocycles. The van der Waals surface area contributed by atoms with Crippen molar-refractivity contribution in [3.63, 3.8) is 0 Å². The molecule has 0 amide bonds. The van der Waals surface area contributed by atoms with Crippen LogP contribution < -0.4 is 4.90 Å². The lowest BCUT2D eigenvalue weighted by Gasteiger charge is -2.25. The molecular weight excluding hydrogens is 416 g/mol. The highest BCUT2D eigenvalue weighted by atomic mass is 15.3. The van der Waals surface area contributed by atoms with Crippen LogP contribution >= 0.6 is 0 Å². The third kappa shape index (κ3) is 3.26. The minimum absolute atomic E-state index is 0.205. The van der Waals surface area contributed by atoms with Crippen molar-refractivity contribution in [3.8, 4) is 5.69 Å². The number of nitrogens with zero attached hydrogens (tertiary/aromatic N) is 4. The summed E-state index contributed by atoms with van der Waals surface area (Å²) in [7, 11) is 2.10. The van der Waals surface area contributed by atoms with Gasteiger partial charge >= 0.3 is 0 Å². The van der Waals surface area contributed by atoms with Crippen molar-refractivity contribution in [1.29, 1.82) is 0 Å². The summed E-state index contributed by atoms with van der Waals surface area (Å²) < 4.78 is 2.40. The number of pyridine rings is 1. The van der Waals surface area contributed by atoms with Crippen molar-refractivity contribution in [2.45, 2.75) is 19.3 Å². The molecule has 0 atom stereocenters. The highest BCUT2D eigenvalue weighted by Gasteiger charge is 2.26. The summed E-state index contributed by atoms with van der Waals surface area (Å²) >= 11 is 0. The van der Waals surface area contributed by atoms with E-state index in [4.69, 9.17) is 0 Å². The number of benzene rings is 3. The molecule has 0 fully saturated rings. The van der Waals surface area contributed by atoms with Crippen molar-refractivity contribution in [1.82, 2.24) is 14.5 Å². The molecule has 0 saturated heterocycles. The van der Waals surface area contributed by atoms with Gasteiger partial charge in [0.25, 0.3) is 0 Å². The van der Waals surface area contributed by atoms with Gasteiger partial charge in [0, 0.05) is 53.2 Å². The third-order valence-electron chi connectivity index (χ3n) is 7.00. The van der Waals surface area contributed by atoms with Crippen LogP contribution in [-0.2, 0) is 5.41 Å². The highest BCUT2D eigenvalue weighted by Crippen LogP contribution is 2.37. The topological polar surface area (TPSA) is 24.3 Å². The fourth-order valence-electron chi connectivity index (χ4n) is 5.03. The van der Waals surface area contributed by atoms with E-state index < -0.39 is 0 Å². The first-order valence-electron chi connectivity index (χ1n) is 11.7. The van der Waals surface area contributed by atoms with Crippen LogP contribution in [0.25, 0.3) is 27.5 Å². The van der Waals surface area contributed by atoms with Gasteiger partial charge in [-0.15, -0.1) is 0 Å². The molecule has 0 bridgehead atoms. The first kappa shape index (κ1) is 20.5. The lowest BCUT2D eigenvalue weighted by atomic mass is 9.81. The molecule has 0 unspecified atom stereocenters. The zero-order valence-electron chi connectivity index (χ0n) is 19.8. The number of hydrogen-bond acceptors (Lipinski definition) is 3. The molecule has 4 heteroatoms. The zero-order valence-corrected chi connectivity index (χ0v) is 19.8. The van der Waals surface area contributed by atoms with E-state index in [1.807, 2.05) is 12.3 Å². The molecule has 1 aliphatic heterocycles. The number of anilines is 1. The lowest BCUT2D eigenvalue weighted by Crippen LogP contribution is -2.21. The van der Waals surface area contributed by atoms with Crippen LogP contribution in [0, 0.1) is 0 Å². The predicted molar refractivity (Wildman–Crippen MR) is 141 cm³/mol. The molecule has 168 valence electrons. The van der Waals surface area contributed by atoms with Crippen LogP contribution in [0.2, 0.25) is 0 Å². The summed E-state index contributed by atoms with van der Waals surface area (Å²) in [6.45, 7) is 5.36. The van der Waals surface area contributed by atoms with Crippen molar-refractivity contribution in [2.24, 2.45) is 0 Å². The zero-order chi connectivity index (χ0) is 23.3. The highest BCUT2D eigenvalue weighted by molar-refractivity contribution is 6.09. The molecule has 5 aromatic rings. The van der Waals surface area contributed by atoms with E-state index in [-0.39, 0.29) is 5.41 Å². The largest absolute Gasteiger partial charge is 0.361 e. The lowest BCUT2D eigenvalue weighted by molar-refractivity contribution is 0.496. The summed E-state index contributed by atoms with van der Waals surface area (Å²) in [5, 5.41) is 2.54. The van der Waals surface area contributed by atoms with E-state index in [0.717, 1.165) is 12.4 Å². The van der Waals surface area contributed by atoms with Crippen molar-refractivity contribution < 1.29 is 0 Å². The van der Waals surface area contributed by atoms with E-state index in [1.165, 1.54) is 38.7 Å². The summed E-state index contributed by atoms with van der Waals surface area (Å²) in [4.78, 5) is 9.12. The summed E-state index contributed by atoms with van der Waals surface area (Å²) in [6, 6.07) is 30.5. The van der Waals surface area contributed by atoms with Gasteiger partial charge in [-0.25, -0.2) is 0 Å². The minimum atomic E-state index is -0.205. The van der Waals surface area contributed by atoms with Gasteiger partial charge in [0.15, 0.2) is 0 Å². The molecule has 4 nitrogen and oxygen atoms in total. The van der Waals surface area contributed by atoms with E-state index in [9.17, 15) is 0 Å². The minimum Gasteiger partial charge on any atom is -0.361 e. The van der Waals surface area contributed by atoms with Gasteiger partial charge in [-0.1, -0.05) is 56.3 Å². The van der Waals surface area contributed by atoms with E-state index >= 15 is 0 Å². The Hall–Kier alpha value is -4.05. The maximum Gasteiger partial charge on any atom is 0.0938 e. The van der Waals surface area contributed by atoms with Crippen molar-refractivity contribution in [3.05, 3.63) is 115 Å². The van der Waals surface area contributed by atoms with Crippen molar-refractivity contribution >= 4 is 27.5 Å². The number of aromatic nitrogens is 2. The summed E-state index contributed by atoms with van der Waals surface area (Å²) in [6.07, 6.45) is 6.12. The van der Waals surface area contributed by atoms with Crippen LogP contribution in [0.15, 0.2) is 104 Å². The quantitative estimate of drug-likeness (QED) is 0.309. The predicted octanol–water partition coefficient (Wildman–Crippen LogP) is 6.69. The number of para-hydroxylation sites is 1. The summed E-state index contributed by atoms with van der Waals surface area (Å²) in [5.74, 6) is 0. The molecule has 1 aliphatic rings. The molecule has 2 aromatic heterocycles. The van der Waals surface area contributed by atoms with Crippen molar-refractivity contribution in [2.75, 3.05) is 18.6 Å². The fraction of sp³-hybridized carbons (Fsp3) is 0.167. The smallest absolute Gasteiger partial charge is 0.0938 e. The van der Waals surface area contributed by atoms with Gasteiger partial charge in [-0.2, -0.15) is 0 Å². The normalized spacial score (nSPS) is 14.0. The molecule has 0 saturated carbocycles. The Morgan fingerprint density at radius 3 is 2.32 bits per heavy atom. The molecule has 6 rings (SSSR count). The van der Waals surface area contributed by atoms with Gasteiger partial charge < -0.3 is 14.4 Å². The average molecular weight is 445 g/mol. The van der Waals surface area contributed by atoms with E-state index in [2.05, 4.69) is 132 Å². The second-order valence-electron chi connectivity index (χ2n) is 9.61. The first-order valence-corrected chi connectivity index (χ1v) is 11.7. The second-order valence-corrected chi connectivity index (χ2v) is 9.61. The number of hydrogen-bond donors (Lipinski definition) is 0. The van der Waals surface area contributed by atoms with Gasteiger partial charge in [0.1, 0.15) is 0 Å². The fourth-order valence-corrected chi connectivity index (χ4v) is 5.03. The van der Waals surface area contributed by atoms with Gasteiger partial charge in [-0.3, -0.25) is 4.98 Å². The second kappa shape index (κ2) is 7.77. The number of rotatable bonds is 4. The first-order chi connectivity index (χ1) is 16.5. The monoisotopic (exact) mass is 444 g/mol. The third-order valence-corrected chi connectivity index (χ3v) is 7.00. The molecule has 0 radical (unpaired) electrons.